The van der Waals surface area contributed by atoms with Crippen LogP contribution in [0, 0.1) is 0 Å². The lowest BCUT2D eigenvalue weighted by molar-refractivity contribution is 0.0693. The topological polar surface area (TPSA) is 95.6 Å². The molecule has 0 bridgehead atoms. The van der Waals surface area contributed by atoms with Gasteiger partial charge in [0.15, 0.2) is 0 Å². The highest BCUT2D eigenvalue weighted by atomic mass is 32.2. The van der Waals surface area contributed by atoms with Gasteiger partial charge < -0.3 is 5.32 Å². The number of hydrogen-bond acceptors (Lipinski definition) is 5. The molecule has 0 saturated heterocycles. The van der Waals surface area contributed by atoms with E-state index in [4.69, 9.17) is 0 Å². The molecule has 2 N–H and O–H groups in total. The van der Waals surface area contributed by atoms with E-state index >= 15 is 0 Å². The Bertz CT molecular complexity index is 699. The number of carbonyl (C=O) groups excluding carboxylic acids is 2. The fourth-order valence-electron chi connectivity index (χ4n) is 1.93. The molecule has 1 aromatic carbocycles. The van der Waals surface area contributed by atoms with E-state index in [1.54, 1.807) is 7.05 Å². The first-order valence-corrected chi connectivity index (χ1v) is 7.89. The molecule has 0 fully saturated rings. The molecule has 114 valence electrons. The zero-order valence-electron chi connectivity index (χ0n) is 12.0. The fourth-order valence-corrected chi connectivity index (χ4v) is 3.08. The number of fused-ring (bicyclic) bond motifs is 1. The Kier molecular flexibility index (Phi) is 4.13. The van der Waals surface area contributed by atoms with Gasteiger partial charge in [0.1, 0.15) is 0 Å². The normalized spacial score (nSPS) is 16.2. The first kappa shape index (κ1) is 15.6. The fraction of sp³-hybridized carbons (Fsp3) is 0.385. The van der Waals surface area contributed by atoms with Crippen LogP contribution in [0.25, 0.3) is 0 Å². The van der Waals surface area contributed by atoms with Crippen molar-refractivity contribution in [3.63, 3.8) is 0 Å². The van der Waals surface area contributed by atoms with Crippen molar-refractivity contribution in [2.24, 2.45) is 0 Å². The maximum absolute atomic E-state index is 12.2. The number of nitrogens with one attached hydrogen (secondary N) is 2. The van der Waals surface area contributed by atoms with Gasteiger partial charge in [0, 0.05) is 19.6 Å². The average molecular weight is 311 g/mol. The van der Waals surface area contributed by atoms with Crippen LogP contribution in [-0.2, 0) is 10.0 Å². The van der Waals surface area contributed by atoms with Crippen molar-refractivity contribution in [3.8, 4) is 0 Å². The smallest absolute Gasteiger partial charge is 0.261 e. The number of rotatable bonds is 5. The highest BCUT2D eigenvalue weighted by Gasteiger charge is 2.33. The molecular weight excluding hydrogens is 294 g/mol. The summed E-state index contributed by atoms with van der Waals surface area (Å²) in [5.41, 5.74) is 0.345. The van der Waals surface area contributed by atoms with Crippen molar-refractivity contribution in [3.05, 3.63) is 29.3 Å². The van der Waals surface area contributed by atoms with Gasteiger partial charge in [-0.25, -0.2) is 13.1 Å². The lowest BCUT2D eigenvalue weighted by Gasteiger charge is -2.12. The SMILES string of the molecule is CNC(C)CNS(=O)(=O)c1ccc2c(c1)C(=O)N(C)C2=O. The summed E-state index contributed by atoms with van der Waals surface area (Å²) in [6.07, 6.45) is 0. The summed E-state index contributed by atoms with van der Waals surface area (Å²) in [6, 6.07) is 3.92. The molecule has 0 spiro atoms. The average Bonchev–Trinajstić information content (AvgIpc) is 2.69. The summed E-state index contributed by atoms with van der Waals surface area (Å²) >= 11 is 0. The summed E-state index contributed by atoms with van der Waals surface area (Å²) in [7, 11) is -0.620. The highest BCUT2D eigenvalue weighted by molar-refractivity contribution is 7.89. The Morgan fingerprint density at radius 1 is 1.19 bits per heavy atom. The third-order valence-electron chi connectivity index (χ3n) is 3.44. The molecule has 0 aliphatic carbocycles. The Morgan fingerprint density at radius 2 is 1.81 bits per heavy atom. The lowest BCUT2D eigenvalue weighted by atomic mass is 10.1. The number of hydrogen-bond donors (Lipinski definition) is 2. The van der Waals surface area contributed by atoms with E-state index in [0.29, 0.717) is 0 Å². The van der Waals surface area contributed by atoms with Gasteiger partial charge in [-0.05, 0) is 32.2 Å². The van der Waals surface area contributed by atoms with Crippen LogP contribution in [0.4, 0.5) is 0 Å². The number of likely N-dealkylation sites (N-methyl/N-ethyl adjacent to an activating group) is 1. The first-order chi connectivity index (χ1) is 9.77. The van der Waals surface area contributed by atoms with E-state index in [1.165, 1.54) is 25.2 Å². The van der Waals surface area contributed by atoms with Crippen LogP contribution in [0.15, 0.2) is 23.1 Å². The van der Waals surface area contributed by atoms with Crippen molar-refractivity contribution >= 4 is 21.8 Å². The van der Waals surface area contributed by atoms with E-state index in [2.05, 4.69) is 10.0 Å². The monoisotopic (exact) mass is 311 g/mol. The summed E-state index contributed by atoms with van der Waals surface area (Å²) in [5.74, 6) is -0.911. The summed E-state index contributed by atoms with van der Waals surface area (Å²) < 4.78 is 26.8. The van der Waals surface area contributed by atoms with Crippen molar-refractivity contribution in [1.82, 2.24) is 14.9 Å². The van der Waals surface area contributed by atoms with E-state index in [0.717, 1.165) is 4.90 Å². The molecule has 8 heteroatoms. The minimum Gasteiger partial charge on any atom is -0.316 e. The van der Waals surface area contributed by atoms with Gasteiger partial charge in [-0.3, -0.25) is 14.5 Å². The zero-order chi connectivity index (χ0) is 15.8. The molecule has 7 nitrogen and oxygen atoms in total. The van der Waals surface area contributed by atoms with Gasteiger partial charge in [-0.2, -0.15) is 0 Å². The predicted octanol–water partition coefficient (Wildman–Crippen LogP) is -0.201. The third kappa shape index (κ3) is 2.82. The van der Waals surface area contributed by atoms with Gasteiger partial charge in [0.2, 0.25) is 10.0 Å². The molecule has 2 amide bonds. The first-order valence-electron chi connectivity index (χ1n) is 6.41. The largest absolute Gasteiger partial charge is 0.316 e. The maximum Gasteiger partial charge on any atom is 0.261 e. The van der Waals surface area contributed by atoms with Crippen molar-refractivity contribution in [2.45, 2.75) is 17.9 Å². The van der Waals surface area contributed by atoms with Crippen molar-refractivity contribution < 1.29 is 18.0 Å². The Morgan fingerprint density at radius 3 is 2.43 bits per heavy atom. The van der Waals surface area contributed by atoms with E-state index in [1.807, 2.05) is 6.92 Å². The lowest BCUT2D eigenvalue weighted by Crippen LogP contribution is -2.37. The molecule has 0 radical (unpaired) electrons. The Hall–Kier alpha value is -1.77. The molecule has 1 heterocycles. The zero-order valence-corrected chi connectivity index (χ0v) is 12.8. The maximum atomic E-state index is 12.2. The minimum absolute atomic E-state index is 0.0245. The van der Waals surface area contributed by atoms with Crippen molar-refractivity contribution in [1.29, 1.82) is 0 Å². The quantitative estimate of drug-likeness (QED) is 0.734. The van der Waals surface area contributed by atoms with Crippen LogP contribution < -0.4 is 10.0 Å². The van der Waals surface area contributed by atoms with Crippen LogP contribution >= 0.6 is 0 Å². The van der Waals surface area contributed by atoms with E-state index < -0.39 is 21.8 Å². The number of benzene rings is 1. The second kappa shape index (κ2) is 5.55. The molecule has 21 heavy (non-hydrogen) atoms. The van der Waals surface area contributed by atoms with E-state index in [-0.39, 0.29) is 28.6 Å². The second-order valence-electron chi connectivity index (χ2n) is 4.92. The second-order valence-corrected chi connectivity index (χ2v) is 6.69. The van der Waals surface area contributed by atoms with Gasteiger partial charge in [0.05, 0.1) is 16.0 Å². The number of nitrogens with zero attached hydrogens (tertiary/aromatic N) is 1. The van der Waals surface area contributed by atoms with Crippen molar-refractivity contribution in [2.75, 3.05) is 20.6 Å². The molecule has 0 saturated carbocycles. The molecule has 1 atom stereocenters. The predicted molar refractivity (Wildman–Crippen MR) is 76.6 cm³/mol. The van der Waals surface area contributed by atoms with Gasteiger partial charge >= 0.3 is 0 Å². The molecule has 1 aromatic rings. The van der Waals surface area contributed by atoms with Crippen LogP contribution in [0.1, 0.15) is 27.6 Å². The highest BCUT2D eigenvalue weighted by Crippen LogP contribution is 2.24. The number of amides is 2. The number of carbonyl (C=O) groups is 2. The van der Waals surface area contributed by atoms with Gasteiger partial charge in [-0.1, -0.05) is 0 Å². The molecule has 1 unspecified atom stereocenters. The van der Waals surface area contributed by atoms with Crippen LogP contribution in [0.3, 0.4) is 0 Å². The summed E-state index contributed by atoms with van der Waals surface area (Å²) in [4.78, 5) is 24.6. The molecule has 0 aromatic heterocycles. The Balaban J connectivity index is 2.31. The third-order valence-corrected chi connectivity index (χ3v) is 4.87. The standard InChI is InChI=1S/C13H17N3O4S/c1-8(14-2)7-15-21(19,20)9-4-5-10-11(6-9)13(18)16(3)12(10)17/h4-6,8,14-15H,7H2,1-3H3. The minimum atomic E-state index is -3.72. The number of imide groups is 1. The van der Waals surface area contributed by atoms with Gasteiger partial charge in [0.25, 0.3) is 11.8 Å². The summed E-state index contributed by atoms with van der Waals surface area (Å²) in [6.45, 7) is 2.06. The molecule has 2 rings (SSSR count). The van der Waals surface area contributed by atoms with E-state index in [9.17, 15) is 18.0 Å². The molecule has 1 aliphatic rings. The van der Waals surface area contributed by atoms with Crippen LogP contribution in [-0.4, -0.2) is 51.8 Å². The summed E-state index contributed by atoms with van der Waals surface area (Å²) in [5, 5.41) is 2.92. The molecule has 1 aliphatic heterocycles. The van der Waals surface area contributed by atoms with Crippen LogP contribution in [0.2, 0.25) is 0 Å². The molecular formula is C13H17N3O4S. The Labute approximate surface area is 123 Å². The van der Waals surface area contributed by atoms with Gasteiger partial charge in [-0.15, -0.1) is 0 Å². The number of sulfonamides is 1. The van der Waals surface area contributed by atoms with Crippen LogP contribution in [0.5, 0.6) is 0 Å².